The largest absolute Gasteiger partial charge is 0.342 e. The molecule has 18 heavy (non-hydrogen) atoms. The van der Waals surface area contributed by atoms with Crippen LogP contribution in [0.1, 0.15) is 51.9 Å². The summed E-state index contributed by atoms with van der Waals surface area (Å²) in [6.45, 7) is 4.71. The van der Waals surface area contributed by atoms with Gasteiger partial charge in [-0.25, -0.2) is 0 Å². The molecule has 1 saturated heterocycles. The summed E-state index contributed by atoms with van der Waals surface area (Å²) in [6, 6.07) is 0. The lowest BCUT2D eigenvalue weighted by molar-refractivity contribution is -0.142. The summed E-state index contributed by atoms with van der Waals surface area (Å²) in [5, 5.41) is 0. The van der Waals surface area contributed by atoms with Gasteiger partial charge in [0.2, 0.25) is 5.91 Å². The zero-order valence-electron chi connectivity index (χ0n) is 11.5. The summed E-state index contributed by atoms with van der Waals surface area (Å²) in [4.78, 5) is 14.7. The molecule has 0 radical (unpaired) electrons. The van der Waals surface area contributed by atoms with Crippen molar-refractivity contribution in [1.82, 2.24) is 4.90 Å². The van der Waals surface area contributed by atoms with Crippen LogP contribution in [0.5, 0.6) is 0 Å². The number of halogens is 1. The van der Waals surface area contributed by atoms with Gasteiger partial charge in [-0.2, -0.15) is 0 Å². The molecule has 0 bridgehead atoms. The Labute approximate surface area is 117 Å². The summed E-state index contributed by atoms with van der Waals surface area (Å²) in [6.07, 6.45) is 7.99. The highest BCUT2D eigenvalue weighted by Crippen LogP contribution is 2.39. The van der Waals surface area contributed by atoms with Gasteiger partial charge in [0, 0.05) is 19.6 Å². The van der Waals surface area contributed by atoms with E-state index >= 15 is 0 Å². The number of carbonyl (C=O) groups excluding carboxylic acids is 1. The smallest absolute Gasteiger partial charge is 0.230 e. The molecular formula is C14H27ClN2O. The third kappa shape index (κ3) is 3.00. The lowest BCUT2D eigenvalue weighted by Gasteiger charge is -2.37. The number of carbonyl (C=O) groups is 1. The van der Waals surface area contributed by atoms with Gasteiger partial charge in [0.15, 0.2) is 0 Å². The first-order chi connectivity index (χ1) is 8.22. The molecule has 0 spiro atoms. The van der Waals surface area contributed by atoms with E-state index < -0.39 is 0 Å². The first kappa shape index (κ1) is 15.8. The standard InChI is InChI=1S/C14H26N2O.ClH/c1-2-12-5-9-16(10-6-12)13(17)14(11-15)7-3-4-8-14;/h12H,2-11,15H2,1H3;1H. The van der Waals surface area contributed by atoms with Crippen molar-refractivity contribution in [3.63, 3.8) is 0 Å². The van der Waals surface area contributed by atoms with Crippen LogP contribution in [0.15, 0.2) is 0 Å². The molecule has 1 aliphatic heterocycles. The molecule has 1 saturated carbocycles. The first-order valence-corrected chi connectivity index (χ1v) is 7.21. The fourth-order valence-electron chi connectivity index (χ4n) is 3.44. The molecule has 4 heteroatoms. The first-order valence-electron chi connectivity index (χ1n) is 7.21. The second-order valence-corrected chi connectivity index (χ2v) is 5.84. The molecular weight excluding hydrogens is 248 g/mol. The van der Waals surface area contributed by atoms with Crippen LogP contribution in [0.25, 0.3) is 0 Å². The molecule has 1 heterocycles. The van der Waals surface area contributed by atoms with Crippen LogP contribution in [0.2, 0.25) is 0 Å². The summed E-state index contributed by atoms with van der Waals surface area (Å²) in [7, 11) is 0. The van der Waals surface area contributed by atoms with E-state index in [9.17, 15) is 4.79 Å². The molecule has 0 atom stereocenters. The van der Waals surface area contributed by atoms with Crippen LogP contribution in [-0.4, -0.2) is 30.4 Å². The number of nitrogens with two attached hydrogens (primary N) is 1. The van der Waals surface area contributed by atoms with Gasteiger partial charge in [0.05, 0.1) is 5.41 Å². The van der Waals surface area contributed by atoms with Crippen LogP contribution in [0.4, 0.5) is 0 Å². The SMILES string of the molecule is CCC1CCN(C(=O)C2(CN)CCCC2)CC1.Cl. The van der Waals surface area contributed by atoms with Gasteiger partial charge in [-0.15, -0.1) is 12.4 Å². The molecule has 2 rings (SSSR count). The number of likely N-dealkylation sites (tertiary alicyclic amines) is 1. The van der Waals surface area contributed by atoms with Crippen LogP contribution in [0.3, 0.4) is 0 Å². The Morgan fingerprint density at radius 1 is 1.28 bits per heavy atom. The van der Waals surface area contributed by atoms with Gasteiger partial charge in [-0.05, 0) is 31.6 Å². The van der Waals surface area contributed by atoms with E-state index in [1.165, 1.54) is 32.1 Å². The van der Waals surface area contributed by atoms with Gasteiger partial charge >= 0.3 is 0 Å². The minimum atomic E-state index is -0.195. The van der Waals surface area contributed by atoms with E-state index in [2.05, 4.69) is 11.8 Å². The fourth-order valence-corrected chi connectivity index (χ4v) is 3.44. The molecule has 0 unspecified atom stereocenters. The second kappa shape index (κ2) is 6.76. The molecule has 2 N–H and O–H groups in total. The van der Waals surface area contributed by atoms with Crippen LogP contribution >= 0.6 is 12.4 Å². The van der Waals surface area contributed by atoms with Crippen molar-refractivity contribution >= 4 is 18.3 Å². The van der Waals surface area contributed by atoms with Crippen molar-refractivity contribution in [2.24, 2.45) is 17.1 Å². The number of hydrogen-bond acceptors (Lipinski definition) is 2. The molecule has 1 aliphatic carbocycles. The van der Waals surface area contributed by atoms with Crippen LogP contribution in [-0.2, 0) is 4.79 Å². The van der Waals surface area contributed by atoms with E-state index in [0.29, 0.717) is 12.5 Å². The predicted octanol–water partition coefficient (Wildman–Crippen LogP) is 2.58. The topological polar surface area (TPSA) is 46.3 Å². The Balaban J connectivity index is 0.00000162. The van der Waals surface area contributed by atoms with Gasteiger partial charge in [0.1, 0.15) is 0 Å². The van der Waals surface area contributed by atoms with Crippen molar-refractivity contribution in [3.8, 4) is 0 Å². The second-order valence-electron chi connectivity index (χ2n) is 5.84. The summed E-state index contributed by atoms with van der Waals surface area (Å²) in [5.41, 5.74) is 5.69. The Hall–Kier alpha value is -0.280. The summed E-state index contributed by atoms with van der Waals surface area (Å²) >= 11 is 0. The maximum atomic E-state index is 12.6. The Morgan fingerprint density at radius 3 is 2.28 bits per heavy atom. The molecule has 0 aromatic carbocycles. The molecule has 0 aromatic rings. The average Bonchev–Trinajstić information content (AvgIpc) is 2.88. The van der Waals surface area contributed by atoms with Crippen molar-refractivity contribution in [2.75, 3.05) is 19.6 Å². The van der Waals surface area contributed by atoms with Crippen molar-refractivity contribution < 1.29 is 4.79 Å². The molecule has 0 aromatic heterocycles. The minimum Gasteiger partial charge on any atom is -0.342 e. The van der Waals surface area contributed by atoms with Crippen molar-refractivity contribution in [2.45, 2.75) is 51.9 Å². The Bertz CT molecular complexity index is 269. The Morgan fingerprint density at radius 2 is 1.83 bits per heavy atom. The highest BCUT2D eigenvalue weighted by Gasteiger charge is 2.42. The fraction of sp³-hybridized carbons (Fsp3) is 0.929. The van der Waals surface area contributed by atoms with Crippen LogP contribution < -0.4 is 5.73 Å². The highest BCUT2D eigenvalue weighted by atomic mass is 35.5. The predicted molar refractivity (Wildman–Crippen MR) is 76.8 cm³/mol. The normalized spacial score (nSPS) is 23.8. The highest BCUT2D eigenvalue weighted by molar-refractivity contribution is 5.85. The quantitative estimate of drug-likeness (QED) is 0.860. The monoisotopic (exact) mass is 274 g/mol. The van der Waals surface area contributed by atoms with E-state index in [-0.39, 0.29) is 17.8 Å². The Kier molecular flexibility index (Phi) is 5.93. The maximum absolute atomic E-state index is 12.6. The number of rotatable bonds is 3. The van der Waals surface area contributed by atoms with Gasteiger partial charge < -0.3 is 10.6 Å². The summed E-state index contributed by atoms with van der Waals surface area (Å²) in [5.74, 6) is 1.18. The average molecular weight is 275 g/mol. The van der Waals surface area contributed by atoms with E-state index in [1.54, 1.807) is 0 Å². The zero-order valence-corrected chi connectivity index (χ0v) is 12.3. The van der Waals surface area contributed by atoms with E-state index in [1.807, 2.05) is 0 Å². The number of piperidine rings is 1. The lowest BCUT2D eigenvalue weighted by Crippen LogP contribution is -2.49. The number of amides is 1. The molecule has 106 valence electrons. The number of nitrogens with zero attached hydrogens (tertiary/aromatic N) is 1. The van der Waals surface area contributed by atoms with Crippen molar-refractivity contribution in [3.05, 3.63) is 0 Å². The molecule has 2 fully saturated rings. The number of hydrogen-bond donors (Lipinski definition) is 1. The third-order valence-electron chi connectivity index (χ3n) is 4.88. The molecule has 1 amide bonds. The maximum Gasteiger partial charge on any atom is 0.230 e. The summed E-state index contributed by atoms with van der Waals surface area (Å²) < 4.78 is 0. The van der Waals surface area contributed by atoms with Gasteiger partial charge in [-0.1, -0.05) is 26.2 Å². The zero-order chi connectivity index (χ0) is 12.3. The van der Waals surface area contributed by atoms with Gasteiger partial charge in [0.25, 0.3) is 0 Å². The lowest BCUT2D eigenvalue weighted by atomic mass is 9.83. The van der Waals surface area contributed by atoms with E-state index in [4.69, 9.17) is 5.73 Å². The third-order valence-corrected chi connectivity index (χ3v) is 4.88. The molecule has 3 nitrogen and oxygen atoms in total. The van der Waals surface area contributed by atoms with Gasteiger partial charge in [-0.3, -0.25) is 4.79 Å². The van der Waals surface area contributed by atoms with Crippen LogP contribution in [0, 0.1) is 11.3 Å². The molecule has 2 aliphatic rings. The minimum absolute atomic E-state index is 0. The van der Waals surface area contributed by atoms with Crippen molar-refractivity contribution in [1.29, 1.82) is 0 Å². The van der Waals surface area contributed by atoms with E-state index in [0.717, 1.165) is 31.8 Å².